The van der Waals surface area contributed by atoms with Crippen molar-refractivity contribution in [3.05, 3.63) is 40.5 Å². The maximum atomic E-state index is 6.08. The number of hydrogen-bond donors (Lipinski definition) is 0. The summed E-state index contributed by atoms with van der Waals surface area (Å²) in [5.74, 6) is 1.74. The van der Waals surface area contributed by atoms with Crippen molar-refractivity contribution in [2.75, 3.05) is 5.75 Å². The van der Waals surface area contributed by atoms with Crippen LogP contribution < -0.4 is 0 Å². The largest absolute Gasteiger partial charge is 0.294 e. The molecule has 0 saturated carbocycles. The van der Waals surface area contributed by atoms with E-state index in [1.807, 2.05) is 10.6 Å². The number of imidazole rings is 1. The summed E-state index contributed by atoms with van der Waals surface area (Å²) in [5.41, 5.74) is 1.63. The molecule has 3 heterocycles. The van der Waals surface area contributed by atoms with Gasteiger partial charge in [0.05, 0.1) is 6.20 Å². The molecule has 0 aliphatic rings. The van der Waals surface area contributed by atoms with Gasteiger partial charge in [0, 0.05) is 28.0 Å². The van der Waals surface area contributed by atoms with Gasteiger partial charge in [0.15, 0.2) is 11.0 Å². The summed E-state index contributed by atoms with van der Waals surface area (Å²) >= 11 is 11.3. The van der Waals surface area contributed by atoms with Crippen LogP contribution in [0.3, 0.4) is 0 Å². The molecule has 0 aromatic carbocycles. The Morgan fingerprint density at radius 2 is 2.15 bits per heavy atom. The number of rotatable bonds is 3. The first-order valence-electron chi connectivity index (χ1n) is 5.97. The van der Waals surface area contributed by atoms with Gasteiger partial charge in [0.1, 0.15) is 11.2 Å². The van der Waals surface area contributed by atoms with Crippen LogP contribution in [0.1, 0.15) is 6.92 Å². The van der Waals surface area contributed by atoms with Crippen LogP contribution in [0.25, 0.3) is 17.0 Å². The Morgan fingerprint density at radius 1 is 1.30 bits per heavy atom. The number of nitrogens with zero attached hydrogens (tertiary/aromatic N) is 4. The minimum absolute atomic E-state index is 0.438. The smallest absolute Gasteiger partial charge is 0.164 e. The van der Waals surface area contributed by atoms with E-state index in [1.54, 1.807) is 30.4 Å². The third kappa shape index (κ3) is 2.43. The molecule has 3 aromatic rings. The van der Waals surface area contributed by atoms with E-state index >= 15 is 0 Å². The van der Waals surface area contributed by atoms with Gasteiger partial charge in [-0.05, 0) is 27.7 Å². The van der Waals surface area contributed by atoms with Crippen LogP contribution in [0, 0.1) is 0 Å². The zero-order valence-corrected chi connectivity index (χ0v) is 13.7. The van der Waals surface area contributed by atoms with E-state index < -0.39 is 0 Å². The summed E-state index contributed by atoms with van der Waals surface area (Å²) < 4.78 is 2.86. The average molecular weight is 370 g/mol. The van der Waals surface area contributed by atoms with Gasteiger partial charge >= 0.3 is 0 Å². The van der Waals surface area contributed by atoms with Crippen LogP contribution in [0.2, 0.25) is 5.15 Å². The van der Waals surface area contributed by atoms with Gasteiger partial charge in [-0.1, -0.05) is 18.5 Å². The Bertz CT molecular complexity index is 774. The van der Waals surface area contributed by atoms with E-state index in [-0.39, 0.29) is 0 Å². The van der Waals surface area contributed by atoms with Gasteiger partial charge in [0.25, 0.3) is 0 Å². The summed E-state index contributed by atoms with van der Waals surface area (Å²) in [7, 11) is 0. The van der Waals surface area contributed by atoms with E-state index in [0.717, 1.165) is 32.2 Å². The minimum Gasteiger partial charge on any atom is -0.294 e. The van der Waals surface area contributed by atoms with Gasteiger partial charge in [-0.3, -0.25) is 9.38 Å². The SMILES string of the molecule is CCSc1cc(Br)cnc1-c1ncc2c(Cl)nccn12. The average Bonchev–Trinajstić information content (AvgIpc) is 2.85. The zero-order valence-electron chi connectivity index (χ0n) is 10.5. The Labute approximate surface area is 133 Å². The lowest BCUT2D eigenvalue weighted by Gasteiger charge is -2.07. The number of hydrogen-bond acceptors (Lipinski definition) is 4. The molecule has 0 fully saturated rings. The quantitative estimate of drug-likeness (QED) is 0.645. The van der Waals surface area contributed by atoms with Gasteiger partial charge in [-0.25, -0.2) is 9.97 Å². The van der Waals surface area contributed by atoms with Crippen molar-refractivity contribution in [2.45, 2.75) is 11.8 Å². The first-order chi connectivity index (χ1) is 9.70. The van der Waals surface area contributed by atoms with Crippen molar-refractivity contribution in [2.24, 2.45) is 0 Å². The molecule has 0 N–H and O–H groups in total. The van der Waals surface area contributed by atoms with E-state index in [1.165, 1.54) is 0 Å². The van der Waals surface area contributed by atoms with Gasteiger partial charge in [-0.15, -0.1) is 11.8 Å². The lowest BCUT2D eigenvalue weighted by molar-refractivity contribution is 1.08. The summed E-state index contributed by atoms with van der Waals surface area (Å²) in [4.78, 5) is 14.1. The van der Waals surface area contributed by atoms with Crippen LogP contribution in [-0.2, 0) is 0 Å². The van der Waals surface area contributed by atoms with Crippen molar-refractivity contribution >= 4 is 44.8 Å². The number of aromatic nitrogens is 4. The summed E-state index contributed by atoms with van der Waals surface area (Å²) in [6, 6.07) is 2.06. The third-order valence-corrected chi connectivity index (χ3v) is 4.38. The summed E-state index contributed by atoms with van der Waals surface area (Å²) in [6.45, 7) is 2.11. The van der Waals surface area contributed by atoms with E-state index in [4.69, 9.17) is 11.6 Å². The fraction of sp³-hybridized carbons (Fsp3) is 0.154. The molecule has 0 saturated heterocycles. The molecule has 0 radical (unpaired) electrons. The fourth-order valence-electron chi connectivity index (χ4n) is 1.93. The predicted molar refractivity (Wildman–Crippen MR) is 85.3 cm³/mol. The van der Waals surface area contributed by atoms with Crippen molar-refractivity contribution in [1.82, 2.24) is 19.4 Å². The normalized spacial score (nSPS) is 11.2. The molecule has 4 nitrogen and oxygen atoms in total. The maximum Gasteiger partial charge on any atom is 0.164 e. The molecule has 7 heteroatoms. The molecule has 0 aliphatic heterocycles. The second-order valence-electron chi connectivity index (χ2n) is 3.99. The van der Waals surface area contributed by atoms with Crippen molar-refractivity contribution in [3.63, 3.8) is 0 Å². The Hall–Kier alpha value is -1.11. The zero-order chi connectivity index (χ0) is 14.1. The van der Waals surface area contributed by atoms with Crippen molar-refractivity contribution in [1.29, 1.82) is 0 Å². The highest BCUT2D eigenvalue weighted by atomic mass is 79.9. The van der Waals surface area contributed by atoms with Crippen molar-refractivity contribution in [3.8, 4) is 11.5 Å². The minimum atomic E-state index is 0.438. The highest BCUT2D eigenvalue weighted by Gasteiger charge is 2.14. The van der Waals surface area contributed by atoms with Crippen LogP contribution in [-0.4, -0.2) is 25.1 Å². The number of fused-ring (bicyclic) bond motifs is 1. The second-order valence-corrected chi connectivity index (χ2v) is 6.57. The number of halogens is 2. The lowest BCUT2D eigenvalue weighted by atomic mass is 10.3. The highest BCUT2D eigenvalue weighted by Crippen LogP contribution is 2.32. The Balaban J connectivity index is 2.23. The van der Waals surface area contributed by atoms with Crippen LogP contribution >= 0.6 is 39.3 Å². The van der Waals surface area contributed by atoms with E-state index in [0.29, 0.717) is 5.15 Å². The second kappa shape index (κ2) is 5.71. The van der Waals surface area contributed by atoms with E-state index in [2.05, 4.69) is 43.9 Å². The number of pyridine rings is 1. The van der Waals surface area contributed by atoms with Gasteiger partial charge in [0.2, 0.25) is 0 Å². The van der Waals surface area contributed by atoms with E-state index in [9.17, 15) is 0 Å². The van der Waals surface area contributed by atoms with Crippen LogP contribution in [0.15, 0.2) is 40.2 Å². The molecule has 0 spiro atoms. The molecule has 0 amide bonds. The number of thioether (sulfide) groups is 1. The molecule has 0 bridgehead atoms. The standard InChI is InChI=1S/C13H10BrClN4S/c1-2-20-10-5-8(14)6-17-11(10)13-18-7-9-12(15)16-3-4-19(9)13/h3-7H,2H2,1H3. The van der Waals surface area contributed by atoms with Gasteiger partial charge < -0.3 is 0 Å². The molecule has 102 valence electrons. The molecule has 3 rings (SSSR count). The molecule has 0 unspecified atom stereocenters. The molecule has 20 heavy (non-hydrogen) atoms. The maximum absolute atomic E-state index is 6.08. The van der Waals surface area contributed by atoms with Gasteiger partial charge in [-0.2, -0.15) is 0 Å². The van der Waals surface area contributed by atoms with Crippen LogP contribution in [0.5, 0.6) is 0 Å². The summed E-state index contributed by atoms with van der Waals surface area (Å²) in [5, 5.41) is 0.438. The Kier molecular flexibility index (Phi) is 3.96. The molecular formula is C13H10BrClN4S. The third-order valence-electron chi connectivity index (χ3n) is 2.74. The monoisotopic (exact) mass is 368 g/mol. The first-order valence-corrected chi connectivity index (χ1v) is 8.12. The summed E-state index contributed by atoms with van der Waals surface area (Å²) in [6.07, 6.45) is 6.99. The molecular weight excluding hydrogens is 360 g/mol. The molecule has 0 atom stereocenters. The first kappa shape index (κ1) is 13.9. The highest BCUT2D eigenvalue weighted by molar-refractivity contribution is 9.10. The fourth-order valence-corrected chi connectivity index (χ4v) is 3.41. The molecule has 0 aliphatic carbocycles. The molecule has 3 aromatic heterocycles. The Morgan fingerprint density at radius 3 is 2.95 bits per heavy atom. The van der Waals surface area contributed by atoms with Crippen LogP contribution in [0.4, 0.5) is 0 Å². The van der Waals surface area contributed by atoms with Crippen molar-refractivity contribution < 1.29 is 0 Å². The lowest BCUT2D eigenvalue weighted by Crippen LogP contribution is -1.95. The topological polar surface area (TPSA) is 43.1 Å². The predicted octanol–water partition coefficient (Wildman–Crippen LogP) is 4.32.